The lowest BCUT2D eigenvalue weighted by atomic mass is 10.00. The fourth-order valence-corrected chi connectivity index (χ4v) is 9.19. The molecule has 12 aromatic rings. The first-order valence-corrected chi connectivity index (χ1v) is 21.1. The van der Waals surface area contributed by atoms with Gasteiger partial charge in [-0.3, -0.25) is 0 Å². The molecule has 0 aliphatic rings. The van der Waals surface area contributed by atoms with E-state index in [0.717, 1.165) is 50.6 Å². The van der Waals surface area contributed by atoms with Gasteiger partial charge >= 0.3 is 0 Å². The minimum Gasteiger partial charge on any atom is -0.309 e. The van der Waals surface area contributed by atoms with Crippen LogP contribution in [0.4, 0.5) is 0 Å². The molecule has 3 heterocycles. The van der Waals surface area contributed by atoms with E-state index in [1.165, 1.54) is 54.7 Å². The molecule has 290 valence electrons. The first kappa shape index (κ1) is 35.6. The fourth-order valence-electron chi connectivity index (χ4n) is 9.19. The Labute approximate surface area is 359 Å². The summed E-state index contributed by atoms with van der Waals surface area (Å²) in [5.41, 5.74) is 16.6. The standard InChI is InChI=1S/C58H38N4/c1-4-16-39(17-5-1)52-38-53(60-58(59-52)40-18-6-2-7-19-40)45-22-14-20-41(34-45)42-21-15-25-47(35-42)62-55-29-13-11-27-49(55)51-37-44(31-33-57(51)62)43-30-32-56-50(36-43)48-26-10-12-28-54(48)61(56)46-23-8-3-9-24-46/h1-38H. The monoisotopic (exact) mass is 790 g/mol. The minimum atomic E-state index is 0.708. The lowest BCUT2D eigenvalue weighted by molar-refractivity contribution is 1.18. The van der Waals surface area contributed by atoms with Gasteiger partial charge < -0.3 is 9.13 Å². The average Bonchev–Trinajstić information content (AvgIpc) is 3.87. The molecule has 0 saturated carbocycles. The molecule has 0 saturated heterocycles. The van der Waals surface area contributed by atoms with Crippen molar-refractivity contribution in [3.05, 3.63) is 231 Å². The van der Waals surface area contributed by atoms with Gasteiger partial charge in [0.05, 0.1) is 33.5 Å². The van der Waals surface area contributed by atoms with Crippen molar-refractivity contribution >= 4 is 43.6 Å². The fraction of sp³-hybridized carbons (Fsp3) is 0. The van der Waals surface area contributed by atoms with Crippen molar-refractivity contribution in [1.82, 2.24) is 19.1 Å². The van der Waals surface area contributed by atoms with E-state index in [2.05, 4.69) is 215 Å². The molecule has 9 aromatic carbocycles. The van der Waals surface area contributed by atoms with Gasteiger partial charge in [-0.2, -0.15) is 0 Å². The van der Waals surface area contributed by atoms with Gasteiger partial charge in [-0.05, 0) is 95.1 Å². The maximum atomic E-state index is 5.12. The van der Waals surface area contributed by atoms with E-state index >= 15 is 0 Å². The summed E-state index contributed by atoms with van der Waals surface area (Å²) in [6.07, 6.45) is 0. The van der Waals surface area contributed by atoms with Crippen LogP contribution in [0.3, 0.4) is 0 Å². The Morgan fingerprint density at radius 1 is 0.242 bits per heavy atom. The Bertz CT molecular complexity index is 3560. The largest absolute Gasteiger partial charge is 0.309 e. The van der Waals surface area contributed by atoms with Gasteiger partial charge in [0, 0.05) is 49.6 Å². The molecule has 3 aromatic heterocycles. The Morgan fingerprint density at radius 2 is 0.661 bits per heavy atom. The first-order valence-electron chi connectivity index (χ1n) is 21.1. The lowest BCUT2D eigenvalue weighted by Crippen LogP contribution is -1.96. The predicted octanol–water partition coefficient (Wildman–Crippen LogP) is 15.0. The number of hydrogen-bond acceptors (Lipinski definition) is 2. The second kappa shape index (κ2) is 14.7. The van der Waals surface area contributed by atoms with Crippen molar-refractivity contribution in [2.75, 3.05) is 0 Å². The Morgan fingerprint density at radius 3 is 1.29 bits per heavy atom. The van der Waals surface area contributed by atoms with Crippen LogP contribution < -0.4 is 0 Å². The molecule has 0 aliphatic heterocycles. The van der Waals surface area contributed by atoms with Crippen molar-refractivity contribution in [3.63, 3.8) is 0 Å². The van der Waals surface area contributed by atoms with E-state index in [4.69, 9.17) is 9.97 Å². The zero-order valence-electron chi connectivity index (χ0n) is 33.7. The molecular weight excluding hydrogens is 753 g/mol. The van der Waals surface area contributed by atoms with Crippen LogP contribution in [0.1, 0.15) is 0 Å². The molecular formula is C58H38N4. The molecule has 0 amide bonds. The first-order chi connectivity index (χ1) is 30.7. The molecule has 0 spiro atoms. The molecule has 4 heteroatoms. The summed E-state index contributed by atoms with van der Waals surface area (Å²) in [5, 5.41) is 4.95. The number of rotatable bonds is 7. The topological polar surface area (TPSA) is 35.6 Å². The highest BCUT2D eigenvalue weighted by atomic mass is 15.0. The van der Waals surface area contributed by atoms with Crippen LogP contribution in [0.25, 0.3) is 111 Å². The summed E-state index contributed by atoms with van der Waals surface area (Å²) in [7, 11) is 0. The van der Waals surface area contributed by atoms with Crippen LogP contribution in [0.15, 0.2) is 231 Å². The third-order valence-corrected chi connectivity index (χ3v) is 12.1. The second-order valence-corrected chi connectivity index (χ2v) is 15.8. The predicted molar refractivity (Wildman–Crippen MR) is 258 cm³/mol. The molecule has 12 rings (SSSR count). The van der Waals surface area contributed by atoms with Gasteiger partial charge in [0.2, 0.25) is 0 Å². The maximum Gasteiger partial charge on any atom is 0.160 e. The molecule has 62 heavy (non-hydrogen) atoms. The zero-order valence-corrected chi connectivity index (χ0v) is 33.7. The number of aromatic nitrogens is 4. The zero-order chi connectivity index (χ0) is 41.0. The summed E-state index contributed by atoms with van der Waals surface area (Å²) in [4.78, 5) is 10.1. The summed E-state index contributed by atoms with van der Waals surface area (Å²) in [6.45, 7) is 0. The highest BCUT2D eigenvalue weighted by Gasteiger charge is 2.17. The SMILES string of the molecule is c1ccc(-c2cc(-c3cccc(-c4cccc(-n5c6ccccc6c6cc(-c7ccc8c(c7)c7ccccc7n8-c7ccccc7)ccc65)c4)c3)nc(-c3ccccc3)n2)cc1. The van der Waals surface area contributed by atoms with Crippen LogP contribution in [-0.2, 0) is 0 Å². The minimum absolute atomic E-state index is 0.708. The van der Waals surface area contributed by atoms with Gasteiger partial charge in [-0.25, -0.2) is 9.97 Å². The van der Waals surface area contributed by atoms with Crippen LogP contribution in [0.5, 0.6) is 0 Å². The highest BCUT2D eigenvalue weighted by molar-refractivity contribution is 6.12. The quantitative estimate of drug-likeness (QED) is 0.161. The summed E-state index contributed by atoms with van der Waals surface area (Å²) in [6, 6.07) is 82.2. The number of para-hydroxylation sites is 3. The van der Waals surface area contributed by atoms with E-state index in [1.807, 2.05) is 24.3 Å². The highest BCUT2D eigenvalue weighted by Crippen LogP contribution is 2.39. The number of nitrogens with zero attached hydrogens (tertiary/aromatic N) is 4. The Hall–Kier alpha value is -8.34. The van der Waals surface area contributed by atoms with E-state index in [-0.39, 0.29) is 0 Å². The van der Waals surface area contributed by atoms with Gasteiger partial charge in [-0.1, -0.05) is 158 Å². The summed E-state index contributed by atoms with van der Waals surface area (Å²) in [5.74, 6) is 0.708. The van der Waals surface area contributed by atoms with Crippen molar-refractivity contribution in [3.8, 4) is 67.5 Å². The maximum absolute atomic E-state index is 5.12. The van der Waals surface area contributed by atoms with Crippen LogP contribution in [0.2, 0.25) is 0 Å². The molecule has 0 radical (unpaired) electrons. The van der Waals surface area contributed by atoms with E-state index in [1.54, 1.807) is 0 Å². The second-order valence-electron chi connectivity index (χ2n) is 15.8. The van der Waals surface area contributed by atoms with Crippen LogP contribution >= 0.6 is 0 Å². The number of benzene rings is 9. The smallest absolute Gasteiger partial charge is 0.160 e. The molecule has 0 fully saturated rings. The Balaban J connectivity index is 0.945. The molecule has 0 N–H and O–H groups in total. The molecule has 4 nitrogen and oxygen atoms in total. The normalized spacial score (nSPS) is 11.5. The lowest BCUT2D eigenvalue weighted by Gasteiger charge is -2.12. The van der Waals surface area contributed by atoms with E-state index in [0.29, 0.717) is 5.82 Å². The van der Waals surface area contributed by atoms with Crippen molar-refractivity contribution in [2.45, 2.75) is 0 Å². The molecule has 0 atom stereocenters. The molecule has 0 bridgehead atoms. The average molecular weight is 791 g/mol. The third kappa shape index (κ3) is 6.08. The van der Waals surface area contributed by atoms with Gasteiger partial charge in [0.1, 0.15) is 0 Å². The van der Waals surface area contributed by atoms with Gasteiger partial charge in [0.25, 0.3) is 0 Å². The number of hydrogen-bond donors (Lipinski definition) is 0. The van der Waals surface area contributed by atoms with Gasteiger partial charge in [0.15, 0.2) is 5.82 Å². The third-order valence-electron chi connectivity index (χ3n) is 12.1. The molecule has 0 unspecified atom stereocenters. The van der Waals surface area contributed by atoms with Crippen molar-refractivity contribution in [2.24, 2.45) is 0 Å². The summed E-state index contributed by atoms with van der Waals surface area (Å²) >= 11 is 0. The van der Waals surface area contributed by atoms with Crippen LogP contribution in [0, 0.1) is 0 Å². The number of fused-ring (bicyclic) bond motifs is 6. The Kier molecular flexibility index (Phi) is 8.46. The van der Waals surface area contributed by atoms with E-state index < -0.39 is 0 Å². The van der Waals surface area contributed by atoms with Crippen LogP contribution in [-0.4, -0.2) is 19.1 Å². The van der Waals surface area contributed by atoms with Crippen molar-refractivity contribution in [1.29, 1.82) is 0 Å². The van der Waals surface area contributed by atoms with Gasteiger partial charge in [-0.15, -0.1) is 0 Å². The summed E-state index contributed by atoms with van der Waals surface area (Å²) < 4.78 is 4.77. The van der Waals surface area contributed by atoms with Crippen molar-refractivity contribution < 1.29 is 0 Å². The molecule has 0 aliphatic carbocycles. The van der Waals surface area contributed by atoms with E-state index in [9.17, 15) is 0 Å².